The molecule has 3 aromatic carbocycles. The number of hydrogen-bond donors (Lipinski definition) is 1. The van der Waals surface area contributed by atoms with Crippen LogP contribution in [0.2, 0.25) is 0 Å². The number of halogens is 2. The van der Waals surface area contributed by atoms with Gasteiger partial charge >= 0.3 is 5.97 Å². The van der Waals surface area contributed by atoms with Gasteiger partial charge in [-0.3, -0.25) is 14.5 Å². The van der Waals surface area contributed by atoms with Crippen LogP contribution < -0.4 is 5.32 Å². The van der Waals surface area contributed by atoms with Crippen LogP contribution in [0.25, 0.3) is 0 Å². The highest BCUT2D eigenvalue weighted by Crippen LogP contribution is 2.36. The number of amides is 1. The average Bonchev–Trinajstić information content (AvgIpc) is 3.61. The van der Waals surface area contributed by atoms with E-state index in [0.29, 0.717) is 54.0 Å². The van der Waals surface area contributed by atoms with Crippen molar-refractivity contribution in [2.24, 2.45) is 0 Å². The first kappa shape index (κ1) is 47.1. The van der Waals surface area contributed by atoms with Crippen molar-refractivity contribution < 1.29 is 45.8 Å². The number of anilines is 1. The highest BCUT2D eigenvalue weighted by Gasteiger charge is 2.40. The molecular weight excluding hydrogens is 839 g/mol. The number of nitrogens with one attached hydrogen (secondary N) is 1. The van der Waals surface area contributed by atoms with Crippen LogP contribution in [0.15, 0.2) is 60.7 Å². The van der Waals surface area contributed by atoms with E-state index < -0.39 is 39.3 Å². The summed E-state index contributed by atoms with van der Waals surface area (Å²) in [5, 5.41) is 2.72. The average molecular weight is 895 g/mol. The molecular formula is C46H56F2N4O8S2. The van der Waals surface area contributed by atoms with Crippen LogP contribution >= 0.6 is 11.3 Å². The van der Waals surface area contributed by atoms with E-state index in [4.69, 9.17) is 14.2 Å². The third-order valence-electron chi connectivity index (χ3n) is 11.6. The summed E-state index contributed by atoms with van der Waals surface area (Å²) >= 11 is 1.45. The monoisotopic (exact) mass is 894 g/mol. The molecule has 62 heavy (non-hydrogen) atoms. The predicted molar refractivity (Wildman–Crippen MR) is 235 cm³/mol. The Morgan fingerprint density at radius 2 is 1.53 bits per heavy atom. The third kappa shape index (κ3) is 11.2. The second kappa shape index (κ2) is 20.8. The number of benzene rings is 3. The molecule has 0 bridgehead atoms. The van der Waals surface area contributed by atoms with E-state index in [0.717, 1.165) is 53.0 Å². The van der Waals surface area contributed by atoms with E-state index in [1.807, 2.05) is 32.0 Å². The molecule has 0 unspecified atom stereocenters. The maximum Gasteiger partial charge on any atom is 0.337 e. The number of ether oxygens (including phenoxy) is 3. The number of thiophene rings is 1. The van der Waals surface area contributed by atoms with Gasteiger partial charge in [-0.15, -0.1) is 11.3 Å². The Bertz CT molecular complexity index is 2320. The molecule has 0 spiro atoms. The number of rotatable bonds is 19. The maximum absolute atomic E-state index is 15.4. The quantitative estimate of drug-likeness (QED) is 0.0789. The Morgan fingerprint density at radius 3 is 2.18 bits per heavy atom. The van der Waals surface area contributed by atoms with Crippen LogP contribution in [-0.2, 0) is 63.1 Å². The Kier molecular flexibility index (Phi) is 15.8. The number of aryl methyl sites for hydroxylation is 2. The standard InChI is InChI=1S/C46H56F2N4O8S2/c1-46(2)30-52(62(56,57)51(21-23-58-3)22-24-59-4)20-19-50(46)29-32-9-8-10-34(25-32)40(53)28-42-43(37-11-6-7-12-41(37)61-42)44(54)49-35-26-38(47)36(39(48)27-35)18-15-31-13-16-33(17-14-31)45(55)60-5/h8-10,13-14,16-17,25-27H,6-7,11-12,15,18-24,28-30H2,1-5H3,(H,49,54). The van der Waals surface area contributed by atoms with E-state index in [1.54, 1.807) is 30.3 Å². The van der Waals surface area contributed by atoms with Gasteiger partial charge in [0.1, 0.15) is 11.6 Å². The lowest BCUT2D eigenvalue weighted by molar-refractivity contribution is 0.0436. The number of piperazine rings is 1. The molecule has 6 rings (SSSR count). The van der Waals surface area contributed by atoms with Crippen molar-refractivity contribution >= 4 is 44.9 Å². The molecule has 1 saturated heterocycles. The molecule has 0 saturated carbocycles. The number of hydrogen-bond acceptors (Lipinski definition) is 10. The summed E-state index contributed by atoms with van der Waals surface area (Å²) in [5.74, 6) is -2.72. The number of carbonyl (C=O) groups excluding carboxylic acids is 3. The van der Waals surface area contributed by atoms with Crippen molar-refractivity contribution in [2.75, 3.05) is 72.6 Å². The predicted octanol–water partition coefficient (Wildman–Crippen LogP) is 6.89. The number of ketones is 1. The van der Waals surface area contributed by atoms with Gasteiger partial charge in [0, 0.05) is 92.0 Å². The van der Waals surface area contributed by atoms with Crippen molar-refractivity contribution in [3.63, 3.8) is 0 Å². The zero-order valence-electron chi connectivity index (χ0n) is 36.1. The lowest BCUT2D eigenvalue weighted by Crippen LogP contribution is -2.62. The maximum atomic E-state index is 15.4. The lowest BCUT2D eigenvalue weighted by Gasteiger charge is -2.47. The number of Topliss-reactive ketones (excluding diaryl/α,β-unsaturated/α-hetero) is 1. The summed E-state index contributed by atoms with van der Waals surface area (Å²) in [4.78, 5) is 43.6. The molecule has 4 aromatic rings. The molecule has 1 N–H and O–H groups in total. The SMILES string of the molecule is COCCN(CCOC)S(=O)(=O)N1CCN(Cc2cccc(C(=O)Cc3sc4c(c3C(=O)Nc3cc(F)c(CCc5ccc(C(=O)OC)cc5)c(F)c3)CCCC4)c2)C(C)(C)C1. The van der Waals surface area contributed by atoms with Gasteiger partial charge in [0.25, 0.3) is 16.1 Å². The number of fused-ring (bicyclic) bond motifs is 1. The van der Waals surface area contributed by atoms with E-state index in [9.17, 15) is 22.8 Å². The van der Waals surface area contributed by atoms with Gasteiger partial charge in [0.2, 0.25) is 0 Å². The summed E-state index contributed by atoms with van der Waals surface area (Å²) in [5.41, 5.74) is 3.18. The Labute approximate surface area is 367 Å². The van der Waals surface area contributed by atoms with Crippen LogP contribution in [-0.4, -0.2) is 112 Å². The van der Waals surface area contributed by atoms with Gasteiger partial charge in [-0.25, -0.2) is 13.6 Å². The first-order valence-electron chi connectivity index (χ1n) is 20.9. The van der Waals surface area contributed by atoms with Crippen molar-refractivity contribution in [3.8, 4) is 0 Å². The van der Waals surface area contributed by atoms with E-state index in [2.05, 4.69) is 10.2 Å². The number of methoxy groups -OCH3 is 3. The molecule has 0 atom stereocenters. The fraction of sp³-hybridized carbons (Fsp3) is 0.457. The number of esters is 1. The van der Waals surface area contributed by atoms with Crippen molar-refractivity contribution in [1.82, 2.24) is 13.5 Å². The minimum absolute atomic E-state index is 0.0171. The summed E-state index contributed by atoms with van der Waals surface area (Å²) in [6.07, 6.45) is 3.69. The molecule has 334 valence electrons. The second-order valence-corrected chi connectivity index (χ2v) is 19.4. The minimum Gasteiger partial charge on any atom is -0.465 e. The molecule has 2 aliphatic rings. The van der Waals surface area contributed by atoms with Crippen LogP contribution in [0.5, 0.6) is 0 Å². The molecule has 1 amide bonds. The van der Waals surface area contributed by atoms with E-state index in [-0.39, 0.29) is 62.7 Å². The summed E-state index contributed by atoms with van der Waals surface area (Å²) in [6, 6.07) is 16.3. The second-order valence-electron chi connectivity index (χ2n) is 16.3. The molecule has 0 radical (unpaired) electrons. The topological polar surface area (TPSA) is 135 Å². The van der Waals surface area contributed by atoms with Crippen molar-refractivity contribution in [3.05, 3.63) is 121 Å². The molecule has 16 heteroatoms. The summed E-state index contributed by atoms with van der Waals surface area (Å²) < 4.78 is 76.1. The Morgan fingerprint density at radius 1 is 0.855 bits per heavy atom. The van der Waals surface area contributed by atoms with E-state index in [1.165, 1.54) is 41.3 Å². The van der Waals surface area contributed by atoms with Crippen LogP contribution in [0.1, 0.15) is 89.8 Å². The molecule has 2 heterocycles. The Hall–Kier alpha value is -4.42. The largest absolute Gasteiger partial charge is 0.465 e. The molecule has 1 aromatic heterocycles. The van der Waals surface area contributed by atoms with Crippen LogP contribution in [0, 0.1) is 11.6 Å². The lowest BCUT2D eigenvalue weighted by atomic mass is 9.93. The van der Waals surface area contributed by atoms with Gasteiger partial charge < -0.3 is 19.5 Å². The third-order valence-corrected chi connectivity index (χ3v) is 14.9. The smallest absolute Gasteiger partial charge is 0.337 e. The van der Waals surface area contributed by atoms with Crippen LogP contribution in [0.4, 0.5) is 14.5 Å². The molecule has 1 aliphatic carbocycles. The summed E-state index contributed by atoms with van der Waals surface area (Å²) in [6.45, 7) is 6.55. The number of nitrogens with zero attached hydrogens (tertiary/aromatic N) is 3. The van der Waals surface area contributed by atoms with Gasteiger partial charge in [0.05, 0.1) is 31.5 Å². The first-order chi connectivity index (χ1) is 29.6. The Balaban J connectivity index is 1.13. The van der Waals surface area contributed by atoms with Gasteiger partial charge in [-0.2, -0.15) is 17.0 Å². The van der Waals surface area contributed by atoms with Gasteiger partial charge in [0.15, 0.2) is 5.78 Å². The van der Waals surface area contributed by atoms with Crippen LogP contribution in [0.3, 0.4) is 0 Å². The molecule has 12 nitrogen and oxygen atoms in total. The van der Waals surface area contributed by atoms with Crippen molar-refractivity contribution in [2.45, 2.75) is 70.9 Å². The fourth-order valence-electron chi connectivity index (χ4n) is 8.15. The summed E-state index contributed by atoms with van der Waals surface area (Å²) in [7, 11) is 0.597. The fourth-order valence-corrected chi connectivity index (χ4v) is 11.3. The zero-order chi connectivity index (χ0) is 44.6. The highest BCUT2D eigenvalue weighted by atomic mass is 32.2. The molecule has 1 fully saturated rings. The molecule has 1 aliphatic heterocycles. The highest BCUT2D eigenvalue weighted by molar-refractivity contribution is 7.86. The van der Waals surface area contributed by atoms with Gasteiger partial charge in [-0.05, 0) is 99.4 Å². The normalized spacial score (nSPS) is 15.7. The first-order valence-corrected chi connectivity index (χ1v) is 23.1. The van der Waals surface area contributed by atoms with Gasteiger partial charge in [-0.1, -0.05) is 30.3 Å². The van der Waals surface area contributed by atoms with Crippen molar-refractivity contribution in [1.29, 1.82) is 0 Å². The minimum atomic E-state index is -3.77. The number of carbonyl (C=O) groups is 3. The zero-order valence-corrected chi connectivity index (χ0v) is 37.7. The van der Waals surface area contributed by atoms with E-state index >= 15 is 8.78 Å².